The van der Waals surface area contributed by atoms with Crippen LogP contribution in [0.3, 0.4) is 0 Å². The van der Waals surface area contributed by atoms with E-state index in [1.807, 2.05) is 32.0 Å². The Bertz CT molecular complexity index is 366. The molecule has 1 atom stereocenters. The Kier molecular flexibility index (Phi) is 4.03. The molecule has 82 valence electrons. The Morgan fingerprint density at radius 1 is 1.53 bits per heavy atom. The first-order valence-corrected chi connectivity index (χ1v) is 5.67. The fraction of sp³-hybridized carbons (Fsp3) is 0.364. The first-order chi connectivity index (χ1) is 7.04. The number of carbonyl (C=O) groups is 1. The third kappa shape index (κ3) is 3.16. The molecule has 0 bridgehead atoms. The zero-order valence-corrected chi connectivity index (χ0v) is 10.0. The molecule has 0 fully saturated rings. The SMILES string of the molecule is CNC(=O)C(C)Sc1ccc(N)cc1C. The summed E-state index contributed by atoms with van der Waals surface area (Å²) >= 11 is 1.54. The first kappa shape index (κ1) is 11.9. The maximum Gasteiger partial charge on any atom is 0.232 e. The van der Waals surface area contributed by atoms with Crippen LogP contribution in [0, 0.1) is 6.92 Å². The van der Waals surface area contributed by atoms with Gasteiger partial charge in [0.1, 0.15) is 0 Å². The van der Waals surface area contributed by atoms with Gasteiger partial charge in [-0.15, -0.1) is 11.8 Å². The number of aryl methyl sites for hydroxylation is 1. The van der Waals surface area contributed by atoms with Gasteiger partial charge in [-0.05, 0) is 37.6 Å². The van der Waals surface area contributed by atoms with E-state index < -0.39 is 0 Å². The minimum absolute atomic E-state index is 0.0382. The Hall–Kier alpha value is -1.16. The van der Waals surface area contributed by atoms with Crippen LogP contribution in [0.25, 0.3) is 0 Å². The summed E-state index contributed by atoms with van der Waals surface area (Å²) in [4.78, 5) is 12.4. The topological polar surface area (TPSA) is 55.1 Å². The minimum atomic E-state index is -0.0858. The first-order valence-electron chi connectivity index (χ1n) is 4.79. The van der Waals surface area contributed by atoms with Crippen molar-refractivity contribution < 1.29 is 4.79 Å². The van der Waals surface area contributed by atoms with Gasteiger partial charge >= 0.3 is 0 Å². The van der Waals surface area contributed by atoms with Crippen LogP contribution in [0.4, 0.5) is 5.69 Å². The molecule has 0 saturated heterocycles. The summed E-state index contributed by atoms with van der Waals surface area (Å²) in [5, 5.41) is 2.55. The van der Waals surface area contributed by atoms with Crippen LogP contribution in [0.1, 0.15) is 12.5 Å². The summed E-state index contributed by atoms with van der Waals surface area (Å²) in [6, 6.07) is 5.72. The number of nitrogens with one attached hydrogen (secondary N) is 1. The molecule has 0 spiro atoms. The molecule has 0 radical (unpaired) electrons. The molecule has 0 aliphatic carbocycles. The van der Waals surface area contributed by atoms with Crippen molar-refractivity contribution in [3.63, 3.8) is 0 Å². The summed E-state index contributed by atoms with van der Waals surface area (Å²) in [6.45, 7) is 3.88. The summed E-state index contributed by atoms with van der Waals surface area (Å²) in [5.74, 6) is 0.0382. The predicted octanol–water partition coefficient (Wildman–Crippen LogP) is 1.80. The maximum atomic E-state index is 11.3. The van der Waals surface area contributed by atoms with Crippen molar-refractivity contribution in [2.45, 2.75) is 24.0 Å². The summed E-state index contributed by atoms with van der Waals surface area (Å²) in [5.41, 5.74) is 7.52. The highest BCUT2D eigenvalue weighted by atomic mass is 32.2. The van der Waals surface area contributed by atoms with Gasteiger partial charge in [0.2, 0.25) is 5.91 Å². The number of hydrogen-bond donors (Lipinski definition) is 2. The predicted molar refractivity (Wildman–Crippen MR) is 65.0 cm³/mol. The molecule has 1 aromatic carbocycles. The number of thioether (sulfide) groups is 1. The van der Waals surface area contributed by atoms with E-state index in [2.05, 4.69) is 5.32 Å². The smallest absolute Gasteiger partial charge is 0.232 e. The molecule has 3 N–H and O–H groups in total. The quantitative estimate of drug-likeness (QED) is 0.608. The number of nitrogens with two attached hydrogens (primary N) is 1. The molecule has 1 aromatic rings. The molecule has 1 unspecified atom stereocenters. The lowest BCUT2D eigenvalue weighted by Gasteiger charge is -2.11. The van der Waals surface area contributed by atoms with Crippen molar-refractivity contribution in [2.24, 2.45) is 0 Å². The molecule has 1 amide bonds. The van der Waals surface area contributed by atoms with Gasteiger partial charge in [-0.2, -0.15) is 0 Å². The summed E-state index contributed by atoms with van der Waals surface area (Å²) in [7, 11) is 1.65. The third-order valence-electron chi connectivity index (χ3n) is 2.12. The number of carbonyl (C=O) groups excluding carboxylic acids is 1. The summed E-state index contributed by atoms with van der Waals surface area (Å²) in [6.07, 6.45) is 0. The van der Waals surface area contributed by atoms with Gasteiger partial charge in [0.25, 0.3) is 0 Å². The molecule has 1 rings (SSSR count). The third-order valence-corrected chi connectivity index (χ3v) is 3.40. The standard InChI is InChI=1S/C11H16N2OS/c1-7-6-9(12)4-5-10(7)15-8(2)11(14)13-3/h4-6,8H,12H2,1-3H3,(H,13,14). The van der Waals surface area contributed by atoms with E-state index in [1.165, 1.54) is 0 Å². The van der Waals surface area contributed by atoms with Gasteiger partial charge in [-0.3, -0.25) is 4.79 Å². The zero-order chi connectivity index (χ0) is 11.4. The highest BCUT2D eigenvalue weighted by Crippen LogP contribution is 2.27. The molecule has 0 heterocycles. The Labute approximate surface area is 94.4 Å². The highest BCUT2D eigenvalue weighted by Gasteiger charge is 2.13. The second-order valence-electron chi connectivity index (χ2n) is 3.40. The van der Waals surface area contributed by atoms with Crippen molar-refractivity contribution >= 4 is 23.4 Å². The van der Waals surface area contributed by atoms with Gasteiger partial charge in [0.05, 0.1) is 5.25 Å². The monoisotopic (exact) mass is 224 g/mol. The fourth-order valence-corrected chi connectivity index (χ4v) is 2.25. The van der Waals surface area contributed by atoms with Crippen molar-refractivity contribution in [1.82, 2.24) is 5.32 Å². The van der Waals surface area contributed by atoms with Crippen LogP contribution in [-0.4, -0.2) is 18.2 Å². The lowest BCUT2D eigenvalue weighted by atomic mass is 10.2. The number of amides is 1. The number of rotatable bonds is 3. The second kappa shape index (κ2) is 5.07. The van der Waals surface area contributed by atoms with Crippen molar-refractivity contribution in [3.05, 3.63) is 23.8 Å². The summed E-state index contributed by atoms with van der Waals surface area (Å²) < 4.78 is 0. The molecule has 0 aliphatic rings. The van der Waals surface area contributed by atoms with E-state index in [-0.39, 0.29) is 11.2 Å². The molecule has 0 aliphatic heterocycles. The Morgan fingerprint density at radius 2 is 2.20 bits per heavy atom. The molecule has 0 saturated carbocycles. The molecule has 15 heavy (non-hydrogen) atoms. The average Bonchev–Trinajstić information content (AvgIpc) is 2.20. The van der Waals surface area contributed by atoms with Crippen molar-refractivity contribution in [2.75, 3.05) is 12.8 Å². The normalized spacial score (nSPS) is 12.2. The van der Waals surface area contributed by atoms with Gasteiger partial charge in [0.15, 0.2) is 0 Å². The van der Waals surface area contributed by atoms with Crippen LogP contribution in [0.5, 0.6) is 0 Å². The van der Waals surface area contributed by atoms with Crippen LogP contribution in [-0.2, 0) is 4.79 Å². The molecular weight excluding hydrogens is 208 g/mol. The lowest BCUT2D eigenvalue weighted by molar-refractivity contribution is -0.119. The van der Waals surface area contributed by atoms with Gasteiger partial charge < -0.3 is 11.1 Å². The number of nitrogen functional groups attached to an aromatic ring is 1. The van der Waals surface area contributed by atoms with E-state index in [9.17, 15) is 4.79 Å². The van der Waals surface area contributed by atoms with Gasteiger partial charge in [-0.1, -0.05) is 0 Å². The van der Waals surface area contributed by atoms with Crippen LogP contribution < -0.4 is 11.1 Å². The fourth-order valence-electron chi connectivity index (χ4n) is 1.25. The van der Waals surface area contributed by atoms with E-state index in [0.717, 1.165) is 16.1 Å². The van der Waals surface area contributed by atoms with Crippen molar-refractivity contribution in [3.8, 4) is 0 Å². The maximum absolute atomic E-state index is 11.3. The van der Waals surface area contributed by atoms with Gasteiger partial charge in [0, 0.05) is 17.6 Å². The zero-order valence-electron chi connectivity index (χ0n) is 9.20. The molecular formula is C11H16N2OS. The average molecular weight is 224 g/mol. The van der Waals surface area contributed by atoms with E-state index in [4.69, 9.17) is 5.73 Å². The van der Waals surface area contributed by atoms with Crippen LogP contribution in [0.15, 0.2) is 23.1 Å². The Morgan fingerprint density at radius 3 is 2.73 bits per heavy atom. The number of anilines is 1. The molecule has 3 nitrogen and oxygen atoms in total. The van der Waals surface area contributed by atoms with Crippen LogP contribution in [0.2, 0.25) is 0 Å². The Balaban J connectivity index is 2.76. The van der Waals surface area contributed by atoms with Crippen molar-refractivity contribution in [1.29, 1.82) is 0 Å². The van der Waals surface area contributed by atoms with Crippen LogP contribution >= 0.6 is 11.8 Å². The molecule has 0 aromatic heterocycles. The number of hydrogen-bond acceptors (Lipinski definition) is 3. The minimum Gasteiger partial charge on any atom is -0.399 e. The van der Waals surface area contributed by atoms with E-state index >= 15 is 0 Å². The largest absolute Gasteiger partial charge is 0.399 e. The lowest BCUT2D eigenvalue weighted by Crippen LogP contribution is -2.27. The second-order valence-corrected chi connectivity index (χ2v) is 4.78. The molecule has 4 heteroatoms. The highest BCUT2D eigenvalue weighted by molar-refractivity contribution is 8.00. The van der Waals surface area contributed by atoms with E-state index in [0.29, 0.717) is 0 Å². The van der Waals surface area contributed by atoms with Gasteiger partial charge in [-0.25, -0.2) is 0 Å². The number of benzene rings is 1. The van der Waals surface area contributed by atoms with E-state index in [1.54, 1.807) is 18.8 Å².